The van der Waals surface area contributed by atoms with Gasteiger partial charge in [0, 0.05) is 26.7 Å². The molecule has 2 rings (SSSR count). The van der Waals surface area contributed by atoms with Crippen LogP contribution in [0.4, 0.5) is 0 Å². The molecule has 120 valence electrons. The lowest BCUT2D eigenvalue weighted by atomic mass is 9.66. The minimum atomic E-state index is 0.356. The fourth-order valence-electron chi connectivity index (χ4n) is 3.16. The summed E-state index contributed by atoms with van der Waals surface area (Å²) in [7, 11) is 1.74. The Balaban J connectivity index is 2.06. The molecule has 0 amide bonds. The number of hydrogen-bond acceptors (Lipinski definition) is 3. The molecule has 1 saturated carbocycles. The minimum Gasteiger partial charge on any atom is -0.383 e. The van der Waals surface area contributed by atoms with Crippen LogP contribution in [0.3, 0.4) is 0 Å². The summed E-state index contributed by atoms with van der Waals surface area (Å²) in [6, 6.07) is 0. The molecule has 1 aliphatic rings. The maximum Gasteiger partial charge on any atom is 0.0850 e. The van der Waals surface area contributed by atoms with E-state index >= 15 is 0 Å². The van der Waals surface area contributed by atoms with E-state index in [4.69, 9.17) is 16.3 Å². The van der Waals surface area contributed by atoms with E-state index in [0.717, 1.165) is 49.8 Å². The average Bonchev–Trinajstić information content (AvgIpc) is 2.76. The van der Waals surface area contributed by atoms with Crippen LogP contribution in [0.2, 0.25) is 5.02 Å². The molecule has 0 saturated heterocycles. The number of rotatable bonds is 9. The molecule has 0 atom stereocenters. The van der Waals surface area contributed by atoms with Crippen LogP contribution >= 0.6 is 11.6 Å². The van der Waals surface area contributed by atoms with E-state index in [-0.39, 0.29) is 0 Å². The largest absolute Gasteiger partial charge is 0.383 e. The number of aromatic nitrogens is 2. The van der Waals surface area contributed by atoms with Gasteiger partial charge in [-0.3, -0.25) is 4.68 Å². The van der Waals surface area contributed by atoms with Crippen molar-refractivity contribution < 1.29 is 4.74 Å². The van der Waals surface area contributed by atoms with Crippen LogP contribution in [-0.4, -0.2) is 36.6 Å². The fourth-order valence-corrected chi connectivity index (χ4v) is 3.50. The van der Waals surface area contributed by atoms with Crippen LogP contribution in [0.5, 0.6) is 0 Å². The van der Waals surface area contributed by atoms with E-state index in [1.54, 1.807) is 7.11 Å². The van der Waals surface area contributed by atoms with Crippen LogP contribution in [0.1, 0.15) is 44.5 Å². The van der Waals surface area contributed by atoms with Gasteiger partial charge in [-0.05, 0) is 38.0 Å². The Morgan fingerprint density at radius 3 is 2.67 bits per heavy atom. The zero-order valence-corrected chi connectivity index (χ0v) is 14.3. The van der Waals surface area contributed by atoms with Gasteiger partial charge in [-0.2, -0.15) is 5.10 Å². The zero-order chi connectivity index (χ0) is 15.3. The third-order valence-electron chi connectivity index (χ3n) is 4.63. The highest BCUT2D eigenvalue weighted by atomic mass is 35.5. The summed E-state index contributed by atoms with van der Waals surface area (Å²) in [5.74, 6) is 0. The molecule has 0 unspecified atom stereocenters. The van der Waals surface area contributed by atoms with Crippen molar-refractivity contribution in [1.82, 2.24) is 15.1 Å². The van der Waals surface area contributed by atoms with Gasteiger partial charge in [-0.25, -0.2) is 0 Å². The third kappa shape index (κ3) is 3.79. The van der Waals surface area contributed by atoms with Crippen molar-refractivity contribution in [2.45, 2.75) is 52.5 Å². The number of ether oxygens (including phenoxy) is 1. The van der Waals surface area contributed by atoms with E-state index in [0.29, 0.717) is 5.41 Å². The molecule has 1 fully saturated rings. The summed E-state index contributed by atoms with van der Waals surface area (Å²) in [6.45, 7) is 7.87. The van der Waals surface area contributed by atoms with Gasteiger partial charge in [0.1, 0.15) is 0 Å². The van der Waals surface area contributed by atoms with Gasteiger partial charge in [-0.1, -0.05) is 24.9 Å². The summed E-state index contributed by atoms with van der Waals surface area (Å²) in [6.07, 6.45) is 5.81. The molecule has 1 aromatic rings. The maximum atomic E-state index is 6.56. The van der Waals surface area contributed by atoms with Crippen molar-refractivity contribution in [1.29, 1.82) is 0 Å². The smallest absolute Gasteiger partial charge is 0.0850 e. The van der Waals surface area contributed by atoms with Gasteiger partial charge in [-0.15, -0.1) is 0 Å². The first kappa shape index (κ1) is 16.8. The molecule has 5 heteroatoms. The molecule has 1 N–H and O–H groups in total. The molecule has 0 aliphatic heterocycles. The first-order chi connectivity index (χ1) is 10.2. The van der Waals surface area contributed by atoms with Crippen molar-refractivity contribution in [2.24, 2.45) is 5.41 Å². The fraction of sp³-hybridized carbons (Fsp3) is 0.812. The maximum absolute atomic E-state index is 6.56. The second-order valence-electron chi connectivity index (χ2n) is 6.08. The molecule has 4 nitrogen and oxygen atoms in total. The molecular formula is C16H28ClN3O. The number of aryl methyl sites for hydroxylation is 2. The molecule has 1 aliphatic carbocycles. The Labute approximate surface area is 133 Å². The van der Waals surface area contributed by atoms with E-state index in [2.05, 4.69) is 28.9 Å². The van der Waals surface area contributed by atoms with E-state index in [1.165, 1.54) is 25.0 Å². The zero-order valence-electron chi connectivity index (χ0n) is 13.5. The van der Waals surface area contributed by atoms with Crippen LogP contribution in [-0.2, 0) is 24.1 Å². The third-order valence-corrected chi connectivity index (χ3v) is 5.07. The van der Waals surface area contributed by atoms with Gasteiger partial charge < -0.3 is 10.1 Å². The number of nitrogens with zero attached hydrogens (tertiary/aromatic N) is 2. The highest BCUT2D eigenvalue weighted by molar-refractivity contribution is 6.31. The molecule has 0 radical (unpaired) electrons. The summed E-state index contributed by atoms with van der Waals surface area (Å²) >= 11 is 6.56. The highest BCUT2D eigenvalue weighted by Crippen LogP contribution is 2.44. The van der Waals surface area contributed by atoms with E-state index < -0.39 is 0 Å². The SMILES string of the molecule is CCc1nn(CC)c(CC2(CNCCOC)CCC2)c1Cl. The van der Waals surface area contributed by atoms with E-state index in [1.807, 2.05) is 0 Å². The van der Waals surface area contributed by atoms with E-state index in [9.17, 15) is 0 Å². The summed E-state index contributed by atoms with van der Waals surface area (Å²) in [4.78, 5) is 0. The highest BCUT2D eigenvalue weighted by Gasteiger charge is 2.38. The lowest BCUT2D eigenvalue weighted by Crippen LogP contribution is -2.43. The minimum absolute atomic E-state index is 0.356. The number of nitrogens with one attached hydrogen (secondary N) is 1. The quantitative estimate of drug-likeness (QED) is 0.712. The molecular weight excluding hydrogens is 286 g/mol. The molecule has 0 spiro atoms. The van der Waals surface area contributed by atoms with Crippen LogP contribution < -0.4 is 5.32 Å². The standard InChI is InChI=1S/C16H28ClN3O/c1-4-13-15(17)14(20(5-2)19-13)11-16(7-6-8-16)12-18-9-10-21-3/h18H,4-12H2,1-3H3. The Morgan fingerprint density at radius 2 is 2.14 bits per heavy atom. The summed E-state index contributed by atoms with van der Waals surface area (Å²) in [5.41, 5.74) is 2.62. The van der Waals surface area contributed by atoms with Crippen molar-refractivity contribution in [3.63, 3.8) is 0 Å². The monoisotopic (exact) mass is 313 g/mol. The van der Waals surface area contributed by atoms with Gasteiger partial charge >= 0.3 is 0 Å². The van der Waals surface area contributed by atoms with Crippen molar-refractivity contribution >= 4 is 11.6 Å². The Bertz CT molecular complexity index is 455. The second-order valence-corrected chi connectivity index (χ2v) is 6.45. The molecule has 1 heterocycles. The lowest BCUT2D eigenvalue weighted by molar-refractivity contribution is 0.120. The van der Waals surface area contributed by atoms with Crippen molar-refractivity contribution in [3.8, 4) is 0 Å². The molecule has 1 aromatic heterocycles. The van der Waals surface area contributed by atoms with Crippen molar-refractivity contribution in [2.75, 3.05) is 26.8 Å². The van der Waals surface area contributed by atoms with Crippen molar-refractivity contribution in [3.05, 3.63) is 16.4 Å². The summed E-state index contributed by atoms with van der Waals surface area (Å²) in [5, 5.41) is 9.06. The average molecular weight is 314 g/mol. The Hall–Kier alpha value is -0.580. The normalized spacial score (nSPS) is 17.0. The summed E-state index contributed by atoms with van der Waals surface area (Å²) < 4.78 is 7.20. The Morgan fingerprint density at radius 1 is 1.38 bits per heavy atom. The predicted molar refractivity (Wildman–Crippen MR) is 87.0 cm³/mol. The molecule has 0 aromatic carbocycles. The number of hydrogen-bond donors (Lipinski definition) is 1. The predicted octanol–water partition coefficient (Wildman–Crippen LogP) is 3.07. The Kier molecular flexibility index (Phi) is 6.08. The van der Waals surface area contributed by atoms with Crippen LogP contribution in [0, 0.1) is 5.41 Å². The number of halogens is 1. The first-order valence-corrected chi connectivity index (χ1v) is 8.47. The first-order valence-electron chi connectivity index (χ1n) is 8.09. The van der Waals surface area contributed by atoms with Gasteiger partial charge in [0.25, 0.3) is 0 Å². The second kappa shape index (κ2) is 7.61. The van der Waals surface area contributed by atoms with Crippen LogP contribution in [0.15, 0.2) is 0 Å². The molecule has 0 bridgehead atoms. The topological polar surface area (TPSA) is 39.1 Å². The number of methoxy groups -OCH3 is 1. The van der Waals surface area contributed by atoms with Crippen LogP contribution in [0.25, 0.3) is 0 Å². The van der Waals surface area contributed by atoms with Gasteiger partial charge in [0.15, 0.2) is 0 Å². The van der Waals surface area contributed by atoms with Gasteiger partial charge in [0.2, 0.25) is 0 Å². The van der Waals surface area contributed by atoms with Gasteiger partial charge in [0.05, 0.1) is 23.0 Å². The molecule has 21 heavy (non-hydrogen) atoms. The lowest BCUT2D eigenvalue weighted by Gasteiger charge is -2.42.